The predicted octanol–water partition coefficient (Wildman–Crippen LogP) is -0.165. The molecule has 1 unspecified atom stereocenters. The second kappa shape index (κ2) is 6.48. The number of nitrogens with two attached hydrogens (primary N) is 1. The van der Waals surface area contributed by atoms with E-state index in [4.69, 9.17) is 5.73 Å². The van der Waals surface area contributed by atoms with Crippen molar-refractivity contribution >= 4 is 24.0 Å². The Labute approximate surface area is 127 Å². The van der Waals surface area contributed by atoms with Gasteiger partial charge in [0.2, 0.25) is 5.91 Å². The summed E-state index contributed by atoms with van der Waals surface area (Å²) in [6.45, 7) is 0.120. The molecule has 7 heteroatoms. The van der Waals surface area contributed by atoms with Gasteiger partial charge in [-0.15, -0.1) is 0 Å². The first-order valence-electron chi connectivity index (χ1n) is 6.91. The first-order chi connectivity index (χ1) is 10.6. The minimum Gasteiger partial charge on any atom is -0.357 e. The van der Waals surface area contributed by atoms with Crippen LogP contribution in [-0.2, 0) is 16.1 Å². The third-order valence-electron chi connectivity index (χ3n) is 3.67. The number of carbonyl (C=O) groups is 4. The van der Waals surface area contributed by atoms with Crippen LogP contribution in [0.25, 0.3) is 0 Å². The summed E-state index contributed by atoms with van der Waals surface area (Å²) in [5.74, 6) is -1.55. The maximum absolute atomic E-state index is 12.6. The van der Waals surface area contributed by atoms with Gasteiger partial charge in [0.15, 0.2) is 0 Å². The van der Waals surface area contributed by atoms with Crippen LogP contribution in [0.2, 0.25) is 0 Å². The number of aldehydes is 1. The molecule has 116 valence electrons. The van der Waals surface area contributed by atoms with Crippen LogP contribution < -0.4 is 11.1 Å². The van der Waals surface area contributed by atoms with Crippen LogP contribution in [0.5, 0.6) is 0 Å². The lowest BCUT2D eigenvalue weighted by molar-refractivity contribution is -0.124. The minimum absolute atomic E-state index is 0.0786. The Kier molecular flexibility index (Phi) is 4.67. The zero-order valence-electron chi connectivity index (χ0n) is 12.2. The fraction of sp³-hybridized carbons (Fsp3) is 0.333. The van der Waals surface area contributed by atoms with Crippen LogP contribution >= 0.6 is 0 Å². The fourth-order valence-corrected chi connectivity index (χ4v) is 2.60. The topological polar surface area (TPSA) is 110 Å². The number of likely N-dealkylation sites (N-methyl/N-ethyl adjacent to an activating group) is 1. The van der Waals surface area contributed by atoms with Crippen molar-refractivity contribution in [3.05, 3.63) is 34.9 Å². The van der Waals surface area contributed by atoms with Crippen molar-refractivity contribution in [3.8, 4) is 0 Å². The van der Waals surface area contributed by atoms with E-state index in [-0.39, 0.29) is 30.5 Å². The van der Waals surface area contributed by atoms with Gasteiger partial charge in [-0.1, -0.05) is 12.1 Å². The molecule has 1 aliphatic heterocycles. The standard InChI is InChI=1S/C15H17N3O4/c1-17-13(20)11(6-3-7-19)18-14(21)10-5-2-4-9(8-16)12(10)15(18)22/h2,4-5,7,11H,3,6,8,16H2,1H3,(H,17,20). The number of benzene rings is 1. The lowest BCUT2D eigenvalue weighted by atomic mass is 10.0. The summed E-state index contributed by atoms with van der Waals surface area (Å²) in [5, 5.41) is 2.42. The molecule has 1 heterocycles. The summed E-state index contributed by atoms with van der Waals surface area (Å²) in [6, 6.07) is 3.85. The van der Waals surface area contributed by atoms with Crippen LogP contribution in [0, 0.1) is 0 Å². The lowest BCUT2D eigenvalue weighted by Gasteiger charge is -2.24. The number of fused-ring (bicyclic) bond motifs is 1. The number of nitrogens with one attached hydrogen (secondary N) is 1. The van der Waals surface area contributed by atoms with E-state index in [0.717, 1.165) is 4.90 Å². The molecule has 1 atom stereocenters. The summed E-state index contributed by atoms with van der Waals surface area (Å²) >= 11 is 0. The van der Waals surface area contributed by atoms with Crippen LogP contribution in [0.3, 0.4) is 0 Å². The number of rotatable bonds is 6. The van der Waals surface area contributed by atoms with Crippen LogP contribution in [0.15, 0.2) is 18.2 Å². The van der Waals surface area contributed by atoms with Crippen molar-refractivity contribution in [3.63, 3.8) is 0 Å². The molecular weight excluding hydrogens is 286 g/mol. The quantitative estimate of drug-likeness (QED) is 0.560. The smallest absolute Gasteiger partial charge is 0.262 e. The van der Waals surface area contributed by atoms with Gasteiger partial charge in [0, 0.05) is 20.0 Å². The molecule has 0 aliphatic carbocycles. The Hall–Kier alpha value is -2.54. The highest BCUT2D eigenvalue weighted by Crippen LogP contribution is 2.28. The van der Waals surface area contributed by atoms with Crippen molar-refractivity contribution < 1.29 is 19.2 Å². The Morgan fingerprint density at radius 1 is 1.36 bits per heavy atom. The average Bonchev–Trinajstić information content (AvgIpc) is 2.80. The SMILES string of the molecule is CNC(=O)C(CCC=O)N1C(=O)c2cccc(CN)c2C1=O. The Balaban J connectivity index is 2.44. The maximum Gasteiger partial charge on any atom is 0.262 e. The molecule has 0 saturated heterocycles. The van der Waals surface area contributed by atoms with Crippen molar-refractivity contribution in [2.45, 2.75) is 25.4 Å². The zero-order chi connectivity index (χ0) is 16.3. The van der Waals surface area contributed by atoms with E-state index >= 15 is 0 Å². The molecule has 3 N–H and O–H groups in total. The van der Waals surface area contributed by atoms with Gasteiger partial charge in [-0.05, 0) is 18.1 Å². The highest BCUT2D eigenvalue weighted by atomic mass is 16.2. The molecule has 0 saturated carbocycles. The van der Waals surface area contributed by atoms with E-state index in [2.05, 4.69) is 5.32 Å². The summed E-state index contributed by atoms with van der Waals surface area (Å²) < 4.78 is 0. The first kappa shape index (κ1) is 15.8. The third-order valence-corrected chi connectivity index (χ3v) is 3.67. The van der Waals surface area contributed by atoms with Crippen molar-refractivity contribution in [2.75, 3.05) is 7.05 Å². The number of nitrogens with zero attached hydrogens (tertiary/aromatic N) is 1. The van der Waals surface area contributed by atoms with E-state index in [1.807, 2.05) is 0 Å². The molecule has 1 aliphatic rings. The third kappa shape index (κ3) is 2.50. The van der Waals surface area contributed by atoms with Gasteiger partial charge in [0.25, 0.3) is 11.8 Å². The van der Waals surface area contributed by atoms with Crippen molar-refractivity contribution in [2.24, 2.45) is 5.73 Å². The van der Waals surface area contributed by atoms with E-state index in [1.54, 1.807) is 12.1 Å². The molecule has 0 bridgehead atoms. The predicted molar refractivity (Wildman–Crippen MR) is 78.0 cm³/mol. The molecule has 0 spiro atoms. The van der Waals surface area contributed by atoms with Crippen LogP contribution in [0.4, 0.5) is 0 Å². The average molecular weight is 303 g/mol. The molecule has 7 nitrogen and oxygen atoms in total. The van der Waals surface area contributed by atoms with E-state index in [9.17, 15) is 19.2 Å². The number of hydrogen-bond donors (Lipinski definition) is 2. The summed E-state index contributed by atoms with van der Waals surface area (Å²) in [4.78, 5) is 48.6. The first-order valence-corrected chi connectivity index (χ1v) is 6.91. The molecular formula is C15H17N3O4. The van der Waals surface area contributed by atoms with Gasteiger partial charge in [-0.25, -0.2) is 0 Å². The zero-order valence-corrected chi connectivity index (χ0v) is 12.2. The Morgan fingerprint density at radius 2 is 2.09 bits per heavy atom. The van der Waals surface area contributed by atoms with Crippen LogP contribution in [-0.4, -0.2) is 42.0 Å². The second-order valence-electron chi connectivity index (χ2n) is 4.90. The number of hydrogen-bond acceptors (Lipinski definition) is 5. The normalized spacial score (nSPS) is 14.7. The van der Waals surface area contributed by atoms with Gasteiger partial charge >= 0.3 is 0 Å². The van der Waals surface area contributed by atoms with Crippen LogP contribution in [0.1, 0.15) is 39.1 Å². The van der Waals surface area contributed by atoms with E-state index < -0.39 is 23.8 Å². The molecule has 0 fully saturated rings. The monoisotopic (exact) mass is 303 g/mol. The largest absolute Gasteiger partial charge is 0.357 e. The van der Waals surface area contributed by atoms with E-state index in [1.165, 1.54) is 13.1 Å². The fourth-order valence-electron chi connectivity index (χ4n) is 2.60. The number of imide groups is 1. The van der Waals surface area contributed by atoms with Gasteiger partial charge in [0.1, 0.15) is 12.3 Å². The Morgan fingerprint density at radius 3 is 2.68 bits per heavy atom. The highest BCUT2D eigenvalue weighted by molar-refractivity contribution is 6.23. The molecule has 22 heavy (non-hydrogen) atoms. The summed E-state index contributed by atoms with van der Waals surface area (Å²) in [7, 11) is 1.42. The molecule has 2 rings (SSSR count). The van der Waals surface area contributed by atoms with Gasteiger partial charge < -0.3 is 15.8 Å². The molecule has 1 aromatic carbocycles. The van der Waals surface area contributed by atoms with Crippen molar-refractivity contribution in [1.82, 2.24) is 10.2 Å². The summed E-state index contributed by atoms with van der Waals surface area (Å²) in [6.07, 6.45) is 0.821. The number of carbonyl (C=O) groups excluding carboxylic acids is 4. The molecule has 0 aromatic heterocycles. The van der Waals surface area contributed by atoms with Crippen molar-refractivity contribution in [1.29, 1.82) is 0 Å². The van der Waals surface area contributed by atoms with Gasteiger partial charge in [-0.3, -0.25) is 19.3 Å². The second-order valence-corrected chi connectivity index (χ2v) is 4.90. The number of amides is 3. The lowest BCUT2D eigenvalue weighted by Crippen LogP contribution is -2.48. The molecule has 1 aromatic rings. The minimum atomic E-state index is -1.01. The maximum atomic E-state index is 12.6. The van der Waals surface area contributed by atoms with E-state index in [0.29, 0.717) is 11.8 Å². The Bertz CT molecular complexity index is 642. The highest BCUT2D eigenvalue weighted by Gasteiger charge is 2.43. The van der Waals surface area contributed by atoms with Gasteiger partial charge in [-0.2, -0.15) is 0 Å². The van der Waals surface area contributed by atoms with Gasteiger partial charge in [0.05, 0.1) is 11.1 Å². The molecule has 3 amide bonds. The molecule has 0 radical (unpaired) electrons. The summed E-state index contributed by atoms with van der Waals surface area (Å²) in [5.41, 5.74) is 6.66.